The van der Waals surface area contributed by atoms with Crippen LogP contribution in [0, 0.1) is 0 Å². The summed E-state index contributed by atoms with van der Waals surface area (Å²) in [6, 6.07) is 5.20. The third kappa shape index (κ3) is 2.44. The van der Waals surface area contributed by atoms with Gasteiger partial charge in [0.1, 0.15) is 5.57 Å². The second-order valence-electron chi connectivity index (χ2n) is 5.89. The van der Waals surface area contributed by atoms with Gasteiger partial charge in [0.05, 0.1) is 11.0 Å². The molecule has 0 unspecified atom stereocenters. The van der Waals surface area contributed by atoms with Crippen LogP contribution in [0.3, 0.4) is 0 Å². The van der Waals surface area contributed by atoms with Gasteiger partial charge in [0.25, 0.3) is 5.79 Å². The maximum absolute atomic E-state index is 12.0. The van der Waals surface area contributed by atoms with Crippen molar-refractivity contribution >= 4 is 29.0 Å². The number of fused-ring (bicyclic) bond motifs is 1. The van der Waals surface area contributed by atoms with Crippen LogP contribution >= 0.6 is 0 Å². The van der Waals surface area contributed by atoms with Gasteiger partial charge in [0.15, 0.2) is 0 Å². The van der Waals surface area contributed by atoms with Crippen molar-refractivity contribution in [3.63, 3.8) is 0 Å². The predicted molar refractivity (Wildman–Crippen MR) is 82.4 cm³/mol. The molecule has 120 valence electrons. The lowest BCUT2D eigenvalue weighted by molar-refractivity contribution is -0.222. The highest BCUT2D eigenvalue weighted by Gasteiger charge is 2.38. The van der Waals surface area contributed by atoms with E-state index in [1.807, 2.05) is 0 Å². The third-order valence-electron chi connectivity index (χ3n) is 3.72. The highest BCUT2D eigenvalue weighted by Crippen LogP contribution is 2.25. The molecule has 0 saturated carbocycles. The van der Waals surface area contributed by atoms with E-state index in [9.17, 15) is 14.4 Å². The number of rotatable bonds is 1. The Balaban J connectivity index is 2.08. The summed E-state index contributed by atoms with van der Waals surface area (Å²) >= 11 is 0. The minimum Gasteiger partial charge on any atom is -0.419 e. The van der Waals surface area contributed by atoms with Gasteiger partial charge in [-0.2, -0.15) is 0 Å². The number of benzene rings is 1. The summed E-state index contributed by atoms with van der Waals surface area (Å²) in [5, 5.41) is 0. The van der Waals surface area contributed by atoms with E-state index in [-0.39, 0.29) is 11.3 Å². The van der Waals surface area contributed by atoms with Crippen LogP contribution in [0.4, 0.5) is 0 Å². The van der Waals surface area contributed by atoms with Crippen LogP contribution in [0.25, 0.3) is 17.1 Å². The molecule has 7 heteroatoms. The van der Waals surface area contributed by atoms with Crippen LogP contribution in [-0.4, -0.2) is 26.9 Å². The Labute approximate surface area is 131 Å². The van der Waals surface area contributed by atoms with Gasteiger partial charge >= 0.3 is 17.6 Å². The molecule has 2 heterocycles. The van der Waals surface area contributed by atoms with E-state index in [1.54, 1.807) is 32.3 Å². The molecule has 0 radical (unpaired) electrons. The van der Waals surface area contributed by atoms with Crippen LogP contribution in [0.2, 0.25) is 0 Å². The maximum atomic E-state index is 12.0. The molecule has 1 aromatic heterocycles. The van der Waals surface area contributed by atoms with Gasteiger partial charge in [-0.3, -0.25) is 9.13 Å². The lowest BCUT2D eigenvalue weighted by Gasteiger charge is -2.29. The molecule has 0 bridgehead atoms. The van der Waals surface area contributed by atoms with Gasteiger partial charge in [0, 0.05) is 27.9 Å². The van der Waals surface area contributed by atoms with Gasteiger partial charge in [-0.25, -0.2) is 14.4 Å². The Kier molecular flexibility index (Phi) is 3.17. The molecule has 1 aliphatic rings. The molecule has 3 rings (SSSR count). The van der Waals surface area contributed by atoms with E-state index in [2.05, 4.69) is 0 Å². The van der Waals surface area contributed by atoms with Crippen molar-refractivity contribution in [2.24, 2.45) is 14.1 Å². The number of nitrogens with zero attached hydrogens (tertiary/aromatic N) is 2. The zero-order valence-electron chi connectivity index (χ0n) is 13.2. The molecule has 23 heavy (non-hydrogen) atoms. The van der Waals surface area contributed by atoms with Gasteiger partial charge in [0.2, 0.25) is 0 Å². The summed E-state index contributed by atoms with van der Waals surface area (Å²) in [5.74, 6) is -2.72. The quantitative estimate of drug-likeness (QED) is 0.447. The fourth-order valence-corrected chi connectivity index (χ4v) is 2.56. The normalized spacial score (nSPS) is 17.1. The number of imidazole rings is 1. The predicted octanol–water partition coefficient (Wildman–Crippen LogP) is 1.10. The van der Waals surface area contributed by atoms with Crippen LogP contribution in [0.15, 0.2) is 28.6 Å². The number of cyclic esters (lactones) is 2. The van der Waals surface area contributed by atoms with Crippen LogP contribution in [0.5, 0.6) is 0 Å². The van der Waals surface area contributed by atoms with Gasteiger partial charge in [-0.1, -0.05) is 6.07 Å². The lowest BCUT2D eigenvalue weighted by atomic mass is 10.1. The number of hydrogen-bond donors (Lipinski definition) is 0. The number of carbonyl (C=O) groups excluding carboxylic acids is 2. The van der Waals surface area contributed by atoms with E-state index in [0.717, 1.165) is 5.52 Å². The summed E-state index contributed by atoms with van der Waals surface area (Å²) in [5.41, 5.74) is 1.73. The van der Waals surface area contributed by atoms with E-state index in [4.69, 9.17) is 9.47 Å². The number of aryl methyl sites for hydroxylation is 2. The van der Waals surface area contributed by atoms with Crippen molar-refractivity contribution in [2.45, 2.75) is 19.6 Å². The minimum atomic E-state index is -1.27. The summed E-state index contributed by atoms with van der Waals surface area (Å²) in [6.45, 7) is 2.98. The Morgan fingerprint density at radius 1 is 0.957 bits per heavy atom. The molecular weight excluding hydrogens is 300 g/mol. The van der Waals surface area contributed by atoms with E-state index in [1.165, 1.54) is 29.1 Å². The van der Waals surface area contributed by atoms with Crippen LogP contribution < -0.4 is 5.69 Å². The second kappa shape index (κ2) is 4.84. The van der Waals surface area contributed by atoms with Crippen LogP contribution in [-0.2, 0) is 33.2 Å². The standard InChI is InChI=1S/C16H16N2O5/c1-16(2)22-13(19)10(14(20)23-16)7-9-5-6-11-12(8-9)18(4)15(21)17(11)3/h5-8H,1-4H3. The topological polar surface area (TPSA) is 79.5 Å². The number of carbonyl (C=O) groups is 2. The third-order valence-corrected chi connectivity index (χ3v) is 3.72. The highest BCUT2D eigenvalue weighted by atomic mass is 16.7. The first-order valence-corrected chi connectivity index (χ1v) is 7.03. The minimum absolute atomic E-state index is 0.150. The lowest BCUT2D eigenvalue weighted by Crippen LogP contribution is -2.41. The zero-order valence-corrected chi connectivity index (χ0v) is 13.2. The molecule has 0 atom stereocenters. The smallest absolute Gasteiger partial charge is 0.348 e. The molecule has 1 aliphatic heterocycles. The molecule has 0 spiro atoms. The molecule has 1 saturated heterocycles. The number of ether oxygens (including phenoxy) is 2. The van der Waals surface area contributed by atoms with Gasteiger partial charge < -0.3 is 9.47 Å². The number of hydrogen-bond acceptors (Lipinski definition) is 5. The van der Waals surface area contributed by atoms with Crippen molar-refractivity contribution in [1.82, 2.24) is 9.13 Å². The molecule has 7 nitrogen and oxygen atoms in total. The van der Waals surface area contributed by atoms with Crippen molar-refractivity contribution in [2.75, 3.05) is 0 Å². The first-order chi connectivity index (χ1) is 10.7. The summed E-state index contributed by atoms with van der Waals surface area (Å²) in [4.78, 5) is 35.9. The van der Waals surface area contributed by atoms with E-state index < -0.39 is 17.7 Å². The molecular formula is C16H16N2O5. The molecule has 0 aliphatic carbocycles. The fourth-order valence-electron chi connectivity index (χ4n) is 2.56. The Morgan fingerprint density at radius 2 is 1.52 bits per heavy atom. The highest BCUT2D eigenvalue weighted by molar-refractivity contribution is 6.19. The fraction of sp³-hybridized carbons (Fsp3) is 0.312. The van der Waals surface area contributed by atoms with Crippen molar-refractivity contribution in [3.05, 3.63) is 39.8 Å². The first kappa shape index (κ1) is 15.1. The van der Waals surface area contributed by atoms with Gasteiger partial charge in [-0.15, -0.1) is 0 Å². The van der Waals surface area contributed by atoms with Crippen molar-refractivity contribution in [1.29, 1.82) is 0 Å². The first-order valence-electron chi connectivity index (χ1n) is 7.03. The van der Waals surface area contributed by atoms with E-state index in [0.29, 0.717) is 11.1 Å². The molecule has 1 fully saturated rings. The summed E-state index contributed by atoms with van der Waals surface area (Å²) in [7, 11) is 3.34. The monoisotopic (exact) mass is 316 g/mol. The molecule has 1 aromatic carbocycles. The van der Waals surface area contributed by atoms with Gasteiger partial charge in [-0.05, 0) is 23.8 Å². The SMILES string of the molecule is Cn1c(=O)n(C)c2cc(C=C3C(=O)OC(C)(C)OC3=O)ccc21. The average Bonchev–Trinajstić information content (AvgIpc) is 2.67. The number of aromatic nitrogens is 2. The zero-order chi connectivity index (χ0) is 16.9. The average molecular weight is 316 g/mol. The van der Waals surface area contributed by atoms with Crippen molar-refractivity contribution < 1.29 is 19.1 Å². The summed E-state index contributed by atoms with van der Waals surface area (Å²) in [6.07, 6.45) is 1.40. The summed E-state index contributed by atoms with van der Waals surface area (Å²) < 4.78 is 13.1. The Morgan fingerprint density at radius 3 is 2.13 bits per heavy atom. The van der Waals surface area contributed by atoms with E-state index >= 15 is 0 Å². The maximum Gasteiger partial charge on any atom is 0.348 e. The van der Waals surface area contributed by atoms with Crippen molar-refractivity contribution in [3.8, 4) is 0 Å². The largest absolute Gasteiger partial charge is 0.419 e. The second-order valence-corrected chi connectivity index (χ2v) is 5.89. The number of esters is 2. The Hall–Kier alpha value is -2.83. The molecule has 2 aromatic rings. The molecule has 0 amide bonds. The molecule has 0 N–H and O–H groups in total. The van der Waals surface area contributed by atoms with Crippen LogP contribution in [0.1, 0.15) is 19.4 Å². The Bertz CT molecular complexity index is 908.